The maximum Gasteiger partial charge on any atom is 0.573 e. The van der Waals surface area contributed by atoms with E-state index in [9.17, 15) is 13.2 Å². The Morgan fingerprint density at radius 2 is 1.81 bits per heavy atom. The van der Waals surface area contributed by atoms with Gasteiger partial charge in [-0.25, -0.2) is 0 Å². The molecule has 0 radical (unpaired) electrons. The number of rotatable bonds is 1. The zero-order valence-electron chi connectivity index (χ0n) is 9.22. The van der Waals surface area contributed by atoms with Crippen LogP contribution in [0.5, 0.6) is 5.75 Å². The molecule has 0 saturated carbocycles. The van der Waals surface area contributed by atoms with Crippen molar-refractivity contribution in [1.29, 1.82) is 5.26 Å². The van der Waals surface area contributed by atoms with E-state index in [-0.39, 0.29) is 5.56 Å². The second kappa shape index (κ2) is 6.01. The van der Waals surface area contributed by atoms with E-state index in [1.807, 2.05) is 13.8 Å². The molecular formula is C11H12F3NO. The van der Waals surface area contributed by atoms with E-state index >= 15 is 0 Å². The first-order chi connectivity index (χ1) is 7.44. The third kappa shape index (κ3) is 4.22. The van der Waals surface area contributed by atoms with Crippen molar-refractivity contribution < 1.29 is 17.9 Å². The van der Waals surface area contributed by atoms with Crippen LogP contribution in [-0.2, 0) is 0 Å². The first kappa shape index (κ1) is 14.3. The summed E-state index contributed by atoms with van der Waals surface area (Å²) in [5.41, 5.74) is 0.360. The number of benzene rings is 1. The van der Waals surface area contributed by atoms with E-state index in [0.717, 1.165) is 6.07 Å². The molecule has 0 heterocycles. The van der Waals surface area contributed by atoms with E-state index in [0.29, 0.717) is 5.56 Å². The van der Waals surface area contributed by atoms with Crippen molar-refractivity contribution in [3.8, 4) is 11.8 Å². The quantitative estimate of drug-likeness (QED) is 0.736. The molecule has 0 amide bonds. The molecule has 1 aromatic carbocycles. The van der Waals surface area contributed by atoms with Gasteiger partial charge in [-0.2, -0.15) is 5.26 Å². The van der Waals surface area contributed by atoms with Crippen LogP contribution in [0.25, 0.3) is 0 Å². The molecule has 0 unspecified atom stereocenters. The van der Waals surface area contributed by atoms with Gasteiger partial charge in [-0.1, -0.05) is 26.0 Å². The van der Waals surface area contributed by atoms with Gasteiger partial charge in [0.25, 0.3) is 0 Å². The fourth-order valence-electron chi connectivity index (χ4n) is 0.994. The molecule has 2 nitrogen and oxygen atoms in total. The topological polar surface area (TPSA) is 33.0 Å². The lowest BCUT2D eigenvalue weighted by Gasteiger charge is -2.10. The summed E-state index contributed by atoms with van der Waals surface area (Å²) in [5, 5.41) is 8.60. The summed E-state index contributed by atoms with van der Waals surface area (Å²) in [6.07, 6.45) is -4.76. The van der Waals surface area contributed by atoms with E-state index in [4.69, 9.17) is 5.26 Å². The zero-order chi connectivity index (χ0) is 12.8. The van der Waals surface area contributed by atoms with Crippen molar-refractivity contribution in [1.82, 2.24) is 0 Å². The molecule has 0 aliphatic heterocycles. The highest BCUT2D eigenvalue weighted by molar-refractivity contribution is 5.48. The lowest BCUT2D eigenvalue weighted by atomic mass is 10.1. The van der Waals surface area contributed by atoms with Crippen LogP contribution in [0, 0.1) is 18.3 Å². The first-order valence-electron chi connectivity index (χ1n) is 4.69. The summed E-state index contributed by atoms with van der Waals surface area (Å²) in [4.78, 5) is 0. The van der Waals surface area contributed by atoms with Crippen LogP contribution < -0.4 is 4.74 Å². The monoisotopic (exact) mass is 231 g/mol. The molecule has 0 fully saturated rings. The van der Waals surface area contributed by atoms with Gasteiger partial charge >= 0.3 is 6.36 Å². The highest BCUT2D eigenvalue weighted by Gasteiger charge is 2.32. The summed E-state index contributed by atoms with van der Waals surface area (Å²) >= 11 is 0. The van der Waals surface area contributed by atoms with Gasteiger partial charge in [-0.05, 0) is 18.6 Å². The SMILES string of the molecule is CC.Cc1cccc(OC(F)(F)F)c1C#N. The molecule has 0 bridgehead atoms. The number of halogens is 3. The zero-order valence-corrected chi connectivity index (χ0v) is 9.22. The average Bonchev–Trinajstić information content (AvgIpc) is 2.19. The Hall–Kier alpha value is -1.70. The standard InChI is InChI=1S/C9H6F3NO.C2H6/c1-6-3-2-4-8(7(6)5-13)14-9(10,11)12;1-2/h2-4H,1H3;1-2H3. The lowest BCUT2D eigenvalue weighted by molar-refractivity contribution is -0.274. The van der Waals surface area contributed by atoms with Crippen molar-refractivity contribution in [2.24, 2.45) is 0 Å². The van der Waals surface area contributed by atoms with Gasteiger partial charge in [0.05, 0.1) is 5.56 Å². The third-order valence-corrected chi connectivity index (χ3v) is 1.57. The van der Waals surface area contributed by atoms with Crippen LogP contribution in [0.2, 0.25) is 0 Å². The molecule has 16 heavy (non-hydrogen) atoms. The number of nitrogens with zero attached hydrogens (tertiary/aromatic N) is 1. The van der Waals surface area contributed by atoms with Crippen LogP contribution in [0.3, 0.4) is 0 Å². The van der Waals surface area contributed by atoms with Crippen LogP contribution in [0.15, 0.2) is 18.2 Å². The van der Waals surface area contributed by atoms with Crippen molar-refractivity contribution in [3.05, 3.63) is 29.3 Å². The smallest absolute Gasteiger partial charge is 0.404 e. The molecule has 0 aromatic heterocycles. The Kier molecular flexibility index (Phi) is 5.37. The predicted octanol–water partition coefficient (Wildman–Crippen LogP) is 3.79. The number of hydrogen-bond donors (Lipinski definition) is 0. The summed E-state index contributed by atoms with van der Waals surface area (Å²) < 4.78 is 39.3. The normalized spacial score (nSPS) is 9.81. The Bertz CT molecular complexity index is 380. The van der Waals surface area contributed by atoms with Crippen molar-refractivity contribution >= 4 is 0 Å². The Morgan fingerprint density at radius 3 is 2.25 bits per heavy atom. The van der Waals surface area contributed by atoms with Gasteiger partial charge in [0.15, 0.2) is 0 Å². The molecule has 0 spiro atoms. The van der Waals surface area contributed by atoms with Gasteiger partial charge in [-0.3, -0.25) is 0 Å². The van der Waals surface area contributed by atoms with Crippen LogP contribution in [-0.4, -0.2) is 6.36 Å². The van der Waals surface area contributed by atoms with Crippen LogP contribution >= 0.6 is 0 Å². The Balaban J connectivity index is 0.00000106. The second-order valence-electron chi connectivity index (χ2n) is 2.61. The second-order valence-corrected chi connectivity index (χ2v) is 2.61. The van der Waals surface area contributed by atoms with Crippen molar-refractivity contribution in [2.45, 2.75) is 27.1 Å². The molecule has 0 N–H and O–H groups in total. The Labute approximate surface area is 92.3 Å². The summed E-state index contributed by atoms with van der Waals surface area (Å²) in [7, 11) is 0. The number of alkyl halides is 3. The molecule has 0 saturated heterocycles. The minimum Gasteiger partial charge on any atom is -0.404 e. The van der Waals surface area contributed by atoms with Crippen molar-refractivity contribution in [2.75, 3.05) is 0 Å². The number of nitriles is 1. The molecule has 0 aliphatic rings. The predicted molar refractivity (Wildman–Crippen MR) is 53.9 cm³/mol. The van der Waals surface area contributed by atoms with E-state index in [2.05, 4.69) is 4.74 Å². The number of aryl methyl sites for hydroxylation is 1. The van der Waals surface area contributed by atoms with E-state index < -0.39 is 12.1 Å². The highest BCUT2D eigenvalue weighted by atomic mass is 19.4. The highest BCUT2D eigenvalue weighted by Crippen LogP contribution is 2.27. The maximum absolute atomic E-state index is 11.9. The molecule has 0 atom stereocenters. The molecule has 5 heteroatoms. The summed E-state index contributed by atoms with van der Waals surface area (Å²) in [5.74, 6) is -0.458. The molecule has 88 valence electrons. The van der Waals surface area contributed by atoms with Crippen LogP contribution in [0.4, 0.5) is 13.2 Å². The maximum atomic E-state index is 11.9. The third-order valence-electron chi connectivity index (χ3n) is 1.57. The first-order valence-corrected chi connectivity index (χ1v) is 4.69. The summed E-state index contributed by atoms with van der Waals surface area (Å²) in [6, 6.07) is 5.72. The fraction of sp³-hybridized carbons (Fsp3) is 0.364. The molecule has 1 rings (SSSR count). The van der Waals surface area contributed by atoms with Gasteiger partial charge in [-0.15, -0.1) is 13.2 Å². The van der Waals surface area contributed by atoms with Gasteiger partial charge in [0.1, 0.15) is 11.8 Å². The van der Waals surface area contributed by atoms with E-state index in [1.165, 1.54) is 6.07 Å². The molecular weight excluding hydrogens is 219 g/mol. The largest absolute Gasteiger partial charge is 0.573 e. The van der Waals surface area contributed by atoms with Crippen molar-refractivity contribution in [3.63, 3.8) is 0 Å². The molecule has 0 aliphatic carbocycles. The van der Waals surface area contributed by atoms with Gasteiger partial charge < -0.3 is 4.74 Å². The lowest BCUT2D eigenvalue weighted by Crippen LogP contribution is -2.18. The van der Waals surface area contributed by atoms with E-state index in [1.54, 1.807) is 19.1 Å². The number of hydrogen-bond acceptors (Lipinski definition) is 2. The average molecular weight is 231 g/mol. The summed E-state index contributed by atoms with van der Waals surface area (Å²) in [6.45, 7) is 5.54. The number of ether oxygens (including phenoxy) is 1. The fourth-order valence-corrected chi connectivity index (χ4v) is 0.994. The molecule has 1 aromatic rings. The minimum atomic E-state index is -4.76. The van der Waals surface area contributed by atoms with Crippen LogP contribution in [0.1, 0.15) is 25.0 Å². The Morgan fingerprint density at radius 1 is 1.25 bits per heavy atom. The minimum absolute atomic E-state index is 0.0928. The van der Waals surface area contributed by atoms with Gasteiger partial charge in [0.2, 0.25) is 0 Å². The van der Waals surface area contributed by atoms with Gasteiger partial charge in [0, 0.05) is 0 Å².